The van der Waals surface area contributed by atoms with Crippen LogP contribution in [0, 0.1) is 11.3 Å². The van der Waals surface area contributed by atoms with Crippen LogP contribution in [0.4, 0.5) is 0 Å². The van der Waals surface area contributed by atoms with Gasteiger partial charge in [0.05, 0.1) is 14.2 Å². The van der Waals surface area contributed by atoms with E-state index in [1.165, 1.54) is 14.2 Å². The lowest BCUT2D eigenvalue weighted by molar-refractivity contribution is -0.168. The summed E-state index contributed by atoms with van der Waals surface area (Å²) in [4.78, 5) is 37.9. The third-order valence-electron chi connectivity index (χ3n) is 5.23. The predicted molar refractivity (Wildman–Crippen MR) is 95.9 cm³/mol. The number of allylic oxidation sites excluding steroid dienone is 4. The molecule has 0 spiro atoms. The van der Waals surface area contributed by atoms with E-state index in [9.17, 15) is 14.4 Å². The molecule has 136 valence electrons. The summed E-state index contributed by atoms with van der Waals surface area (Å²) >= 11 is 0. The topological polar surface area (TPSA) is 69.7 Å². The summed E-state index contributed by atoms with van der Waals surface area (Å²) < 4.78 is 9.85. The van der Waals surface area contributed by atoms with Crippen molar-refractivity contribution in [3.05, 3.63) is 53.6 Å². The van der Waals surface area contributed by atoms with Crippen LogP contribution in [0.15, 0.2) is 48.1 Å². The van der Waals surface area contributed by atoms with Gasteiger partial charge in [0.25, 0.3) is 0 Å². The number of rotatable bonds is 3. The molecule has 1 unspecified atom stereocenters. The Morgan fingerprint density at radius 2 is 1.73 bits per heavy atom. The fourth-order valence-corrected chi connectivity index (χ4v) is 4.00. The molecule has 1 aromatic carbocycles. The smallest absolute Gasteiger partial charge is 0.323 e. The van der Waals surface area contributed by atoms with E-state index >= 15 is 0 Å². The normalized spacial score (nSPS) is 25.6. The average Bonchev–Trinajstić information content (AvgIpc) is 3.03. The van der Waals surface area contributed by atoms with E-state index < -0.39 is 17.4 Å². The van der Waals surface area contributed by atoms with Crippen molar-refractivity contribution in [2.45, 2.75) is 25.7 Å². The van der Waals surface area contributed by atoms with Crippen LogP contribution in [0.3, 0.4) is 0 Å². The average molecular weight is 354 g/mol. The van der Waals surface area contributed by atoms with Gasteiger partial charge in [0.1, 0.15) is 0 Å². The highest BCUT2D eigenvalue weighted by Crippen LogP contribution is 2.51. The molecule has 2 aliphatic rings. The molecule has 3 rings (SSSR count). The van der Waals surface area contributed by atoms with Crippen molar-refractivity contribution in [3.63, 3.8) is 0 Å². The molecule has 26 heavy (non-hydrogen) atoms. The molecule has 0 aromatic heterocycles. The first-order valence-corrected chi connectivity index (χ1v) is 8.68. The maximum absolute atomic E-state index is 12.9. The fraction of sp³-hybridized carbons (Fsp3) is 0.381. The van der Waals surface area contributed by atoms with E-state index in [0.717, 1.165) is 11.1 Å². The maximum Gasteiger partial charge on any atom is 0.323 e. The summed E-state index contributed by atoms with van der Waals surface area (Å²) in [5, 5.41) is 0. The largest absolute Gasteiger partial charge is 0.468 e. The molecule has 0 amide bonds. The van der Waals surface area contributed by atoms with Gasteiger partial charge in [-0.3, -0.25) is 14.4 Å². The van der Waals surface area contributed by atoms with Crippen molar-refractivity contribution in [1.29, 1.82) is 0 Å². The lowest BCUT2D eigenvalue weighted by atomic mass is 9.84. The van der Waals surface area contributed by atoms with E-state index in [1.807, 2.05) is 42.5 Å². The minimum Gasteiger partial charge on any atom is -0.468 e. The molecule has 1 aromatic rings. The number of benzene rings is 1. The number of ketones is 1. The van der Waals surface area contributed by atoms with Crippen LogP contribution in [0.1, 0.15) is 31.2 Å². The summed E-state index contributed by atoms with van der Waals surface area (Å²) in [5.74, 6) is -1.37. The molecule has 0 saturated heterocycles. The van der Waals surface area contributed by atoms with Crippen LogP contribution in [-0.4, -0.2) is 31.9 Å². The minimum absolute atomic E-state index is 0.0334. The van der Waals surface area contributed by atoms with Gasteiger partial charge in [0.2, 0.25) is 0 Å². The van der Waals surface area contributed by atoms with Crippen LogP contribution in [0.5, 0.6) is 0 Å². The summed E-state index contributed by atoms with van der Waals surface area (Å²) in [7, 11) is 2.53. The van der Waals surface area contributed by atoms with Crippen LogP contribution in [-0.2, 0) is 23.9 Å². The Morgan fingerprint density at radius 1 is 1.08 bits per heavy atom. The second kappa shape index (κ2) is 7.28. The first-order valence-electron chi connectivity index (χ1n) is 8.68. The van der Waals surface area contributed by atoms with E-state index in [-0.39, 0.29) is 24.5 Å². The third kappa shape index (κ3) is 2.98. The number of esters is 2. The number of hydrogen-bond donors (Lipinski definition) is 0. The molecule has 1 fully saturated rings. The number of ether oxygens (including phenoxy) is 2. The van der Waals surface area contributed by atoms with Crippen molar-refractivity contribution < 1.29 is 23.9 Å². The van der Waals surface area contributed by atoms with Crippen LogP contribution >= 0.6 is 0 Å². The predicted octanol–water partition coefficient (Wildman–Crippen LogP) is 3.10. The van der Waals surface area contributed by atoms with Gasteiger partial charge < -0.3 is 9.47 Å². The quantitative estimate of drug-likeness (QED) is 0.474. The van der Waals surface area contributed by atoms with Crippen LogP contribution in [0.25, 0.3) is 5.57 Å². The van der Waals surface area contributed by atoms with Gasteiger partial charge in [0, 0.05) is 17.9 Å². The minimum atomic E-state index is -1.40. The molecule has 1 saturated carbocycles. The standard InChI is InChI=1S/C21H22O5/c1-25-19(23)21(20(24)26-2)12-15-10-6-7-11-17(22)18(16(15)13-21)14-8-4-3-5-9-14/h3-6,8-10,15H,7,11-13H2,1-2H3/b10-6-,18-16-. The molecule has 5 nitrogen and oxygen atoms in total. The van der Waals surface area contributed by atoms with Gasteiger partial charge in [-0.1, -0.05) is 48.1 Å². The molecule has 0 bridgehead atoms. The van der Waals surface area contributed by atoms with Crippen molar-refractivity contribution in [2.75, 3.05) is 14.2 Å². The van der Waals surface area contributed by atoms with Crippen LogP contribution < -0.4 is 0 Å². The molecular weight excluding hydrogens is 332 g/mol. The summed E-state index contributed by atoms with van der Waals surface area (Å²) in [6, 6.07) is 9.42. The molecule has 1 atom stereocenters. The van der Waals surface area contributed by atoms with Gasteiger partial charge in [-0.25, -0.2) is 0 Å². The van der Waals surface area contributed by atoms with Gasteiger partial charge in [-0.05, 0) is 24.8 Å². The second-order valence-electron chi connectivity index (χ2n) is 6.71. The number of carbonyl (C=O) groups excluding carboxylic acids is 3. The SMILES string of the molecule is COC(=O)C1(C(=O)OC)C/C2=C(\c3ccccc3)C(=O)CC/C=C\C2C1. The Bertz CT molecular complexity index is 772. The second-order valence-corrected chi connectivity index (χ2v) is 6.71. The Labute approximate surface area is 152 Å². The first kappa shape index (κ1) is 18.1. The first-order chi connectivity index (χ1) is 12.5. The van der Waals surface area contributed by atoms with Gasteiger partial charge in [-0.2, -0.15) is 0 Å². The zero-order chi connectivity index (χ0) is 18.7. The summed E-state index contributed by atoms with van der Waals surface area (Å²) in [5.41, 5.74) is 0.847. The fourth-order valence-electron chi connectivity index (χ4n) is 4.00. The summed E-state index contributed by atoms with van der Waals surface area (Å²) in [6.07, 6.45) is 5.38. The monoisotopic (exact) mass is 354 g/mol. The Hall–Kier alpha value is -2.69. The summed E-state index contributed by atoms with van der Waals surface area (Å²) in [6.45, 7) is 0. The van der Waals surface area contributed by atoms with Gasteiger partial charge in [-0.15, -0.1) is 0 Å². The number of Topliss-reactive ketones (excluding diaryl/α,β-unsaturated/α-hetero) is 1. The van der Waals surface area contributed by atoms with Crippen molar-refractivity contribution >= 4 is 23.3 Å². The highest BCUT2D eigenvalue weighted by Gasteiger charge is 2.56. The molecular formula is C21H22O5. The van der Waals surface area contributed by atoms with Crippen molar-refractivity contribution in [2.24, 2.45) is 11.3 Å². The van der Waals surface area contributed by atoms with Gasteiger partial charge >= 0.3 is 11.9 Å². The maximum atomic E-state index is 12.9. The van der Waals surface area contributed by atoms with Crippen LogP contribution in [0.2, 0.25) is 0 Å². The number of carbonyl (C=O) groups is 3. The molecule has 0 aliphatic heterocycles. The lowest BCUT2D eigenvalue weighted by Gasteiger charge is -2.22. The zero-order valence-corrected chi connectivity index (χ0v) is 15.0. The Balaban J connectivity index is 2.19. The van der Waals surface area contributed by atoms with E-state index in [0.29, 0.717) is 18.4 Å². The Kier molecular flexibility index (Phi) is 5.07. The lowest BCUT2D eigenvalue weighted by Crippen LogP contribution is -2.39. The molecule has 5 heteroatoms. The van der Waals surface area contributed by atoms with E-state index in [2.05, 4.69) is 0 Å². The highest BCUT2D eigenvalue weighted by molar-refractivity contribution is 6.22. The molecule has 2 aliphatic carbocycles. The molecule has 0 N–H and O–H groups in total. The van der Waals surface area contributed by atoms with E-state index in [1.54, 1.807) is 0 Å². The van der Waals surface area contributed by atoms with Crippen molar-refractivity contribution in [3.8, 4) is 0 Å². The van der Waals surface area contributed by atoms with Crippen molar-refractivity contribution in [1.82, 2.24) is 0 Å². The molecule has 0 heterocycles. The van der Waals surface area contributed by atoms with E-state index in [4.69, 9.17) is 9.47 Å². The number of fused-ring (bicyclic) bond motifs is 1. The zero-order valence-electron chi connectivity index (χ0n) is 15.0. The number of hydrogen-bond acceptors (Lipinski definition) is 5. The molecule has 0 radical (unpaired) electrons. The number of methoxy groups -OCH3 is 2. The third-order valence-corrected chi connectivity index (χ3v) is 5.23. The highest BCUT2D eigenvalue weighted by atomic mass is 16.5. The van der Waals surface area contributed by atoms with Gasteiger partial charge in [0.15, 0.2) is 11.2 Å². The Morgan fingerprint density at radius 3 is 2.35 bits per heavy atom.